The summed E-state index contributed by atoms with van der Waals surface area (Å²) in [5.74, 6) is -0.185. The van der Waals surface area contributed by atoms with E-state index in [0.29, 0.717) is 0 Å². The normalized spacial score (nSPS) is 6.00. The third-order valence-corrected chi connectivity index (χ3v) is 0.525. The second-order valence-corrected chi connectivity index (χ2v) is 1.01. The molecule has 0 spiro atoms. The van der Waals surface area contributed by atoms with Gasteiger partial charge in [0.05, 0.1) is 0 Å². The number of hydrogen-bond acceptors (Lipinski definition) is 1. The molecular formula is C3H7BN2OY2-. The molecule has 0 rings (SSSR count). The van der Waals surface area contributed by atoms with E-state index in [1.807, 2.05) is 0 Å². The first-order valence-corrected chi connectivity index (χ1v) is 2.03. The molecule has 1 amide bonds. The third kappa shape index (κ3) is 12.8. The van der Waals surface area contributed by atoms with Gasteiger partial charge in [0.15, 0.2) is 5.81 Å². The quantitative estimate of drug-likeness (QED) is 0.731. The molecule has 0 aromatic heterocycles. The van der Waals surface area contributed by atoms with Gasteiger partial charge in [0.2, 0.25) is 7.28 Å². The zero-order valence-electron chi connectivity index (χ0n) is 5.35. The molecule has 9 heavy (non-hydrogen) atoms. The maximum Gasteiger partial charge on any atom is 0.229 e. The van der Waals surface area contributed by atoms with E-state index in [1.165, 1.54) is 7.28 Å². The van der Waals surface area contributed by atoms with E-state index < -0.39 is 0 Å². The Morgan fingerprint density at radius 1 is 1.67 bits per heavy atom. The maximum absolute atomic E-state index is 10.1. The van der Waals surface area contributed by atoms with Crippen molar-refractivity contribution in [1.29, 1.82) is 0 Å². The zero-order chi connectivity index (χ0) is 5.70. The van der Waals surface area contributed by atoms with Crippen LogP contribution in [0.1, 0.15) is 0 Å². The molecule has 2 N–H and O–H groups in total. The minimum absolute atomic E-state index is 0. The van der Waals surface area contributed by atoms with Gasteiger partial charge in [-0.15, -0.1) is 0 Å². The van der Waals surface area contributed by atoms with Crippen molar-refractivity contribution in [3.63, 3.8) is 0 Å². The van der Waals surface area contributed by atoms with Crippen LogP contribution in [0.5, 0.6) is 0 Å². The van der Waals surface area contributed by atoms with Crippen LogP contribution in [0, 0.1) is 0 Å². The van der Waals surface area contributed by atoms with Crippen molar-refractivity contribution in [2.24, 2.45) is 0 Å². The molecule has 3 nitrogen and oxygen atoms in total. The number of rotatable bonds is 2. The molecule has 0 saturated heterocycles. The first-order valence-electron chi connectivity index (χ1n) is 2.03. The first kappa shape index (κ1) is 17.0. The van der Waals surface area contributed by atoms with Crippen LogP contribution in [0.15, 0.2) is 0 Å². The van der Waals surface area contributed by atoms with Gasteiger partial charge < -0.3 is 11.1 Å². The Balaban J connectivity index is -0.000000180. The molecule has 0 saturated carbocycles. The SMILES string of the molecule is C[B]C(=O)NC[NH-].[Y].[Y]. The maximum atomic E-state index is 10.1. The van der Waals surface area contributed by atoms with Crippen molar-refractivity contribution in [1.82, 2.24) is 5.32 Å². The van der Waals surface area contributed by atoms with E-state index in [9.17, 15) is 4.79 Å². The summed E-state index contributed by atoms with van der Waals surface area (Å²) >= 11 is 0. The fourth-order valence-electron chi connectivity index (χ4n) is 0.189. The molecule has 0 unspecified atom stereocenters. The Kier molecular flexibility index (Phi) is 23.4. The monoisotopic (exact) mass is 276 g/mol. The van der Waals surface area contributed by atoms with E-state index in [1.54, 1.807) is 6.82 Å². The number of carbonyl (C=O) groups excluding carboxylic acids is 1. The summed E-state index contributed by atoms with van der Waals surface area (Å²) in [7, 11) is 1.38. The van der Waals surface area contributed by atoms with E-state index in [-0.39, 0.29) is 77.9 Å². The molecule has 3 radical (unpaired) electrons. The molecule has 0 fully saturated rings. The predicted octanol–water partition coefficient (Wildman–Crippen LogP) is 0.453. The van der Waals surface area contributed by atoms with E-state index in [4.69, 9.17) is 5.73 Å². The average Bonchev–Trinajstić information content (AvgIpc) is 1.68. The van der Waals surface area contributed by atoms with Crippen LogP contribution >= 0.6 is 0 Å². The summed E-state index contributed by atoms with van der Waals surface area (Å²) < 4.78 is 0. The van der Waals surface area contributed by atoms with E-state index in [2.05, 4.69) is 5.32 Å². The number of nitrogens with one attached hydrogen (secondary N) is 2. The van der Waals surface area contributed by atoms with Crippen LogP contribution in [0.3, 0.4) is 0 Å². The largest absolute Gasteiger partial charge is 0.660 e. The number of carbonyl (C=O) groups is 1. The Morgan fingerprint density at radius 2 is 2.11 bits per heavy atom. The van der Waals surface area contributed by atoms with Crippen LogP contribution in [-0.4, -0.2) is 19.8 Å². The molecule has 0 aromatic rings. The van der Waals surface area contributed by atoms with Crippen molar-refractivity contribution < 1.29 is 70.2 Å². The Morgan fingerprint density at radius 3 is 2.22 bits per heavy atom. The minimum atomic E-state index is -0.185. The molecule has 6 heteroatoms. The Labute approximate surface area is 106 Å². The zero-order valence-corrected chi connectivity index (χ0v) is 11.0. The van der Waals surface area contributed by atoms with Crippen LogP contribution in [0.25, 0.3) is 5.73 Å². The summed E-state index contributed by atoms with van der Waals surface area (Å²) in [6.45, 7) is 1.59. The number of hydrogen-bond donors (Lipinski definition) is 1. The smallest absolute Gasteiger partial charge is 0.229 e. The van der Waals surface area contributed by atoms with E-state index >= 15 is 0 Å². The topological polar surface area (TPSA) is 52.9 Å². The van der Waals surface area contributed by atoms with Gasteiger partial charge in [0.1, 0.15) is 0 Å². The van der Waals surface area contributed by atoms with Crippen molar-refractivity contribution in [2.75, 3.05) is 6.67 Å². The minimum Gasteiger partial charge on any atom is -0.660 e. The van der Waals surface area contributed by atoms with Crippen molar-refractivity contribution in [2.45, 2.75) is 6.82 Å². The predicted molar refractivity (Wildman–Crippen MR) is 29.3 cm³/mol. The second-order valence-electron chi connectivity index (χ2n) is 1.01. The third-order valence-electron chi connectivity index (χ3n) is 0.525. The van der Waals surface area contributed by atoms with Gasteiger partial charge in [-0.3, -0.25) is 4.79 Å². The van der Waals surface area contributed by atoms with Gasteiger partial charge in [0.25, 0.3) is 0 Å². The Bertz CT molecular complexity index is 72.8. The molecule has 0 bridgehead atoms. The van der Waals surface area contributed by atoms with Gasteiger partial charge in [0, 0.05) is 65.4 Å². The molecule has 0 aliphatic rings. The van der Waals surface area contributed by atoms with Gasteiger partial charge in [-0.05, 0) is 0 Å². The van der Waals surface area contributed by atoms with Gasteiger partial charge in [-0.25, -0.2) is 0 Å². The summed E-state index contributed by atoms with van der Waals surface area (Å²) in [6, 6.07) is 0. The summed E-state index contributed by atoms with van der Waals surface area (Å²) in [5.41, 5.74) is 6.48. The van der Waals surface area contributed by atoms with Crippen LogP contribution in [-0.2, 0) is 65.4 Å². The first-order chi connectivity index (χ1) is 3.31. The van der Waals surface area contributed by atoms with Crippen molar-refractivity contribution in [3.05, 3.63) is 5.73 Å². The van der Waals surface area contributed by atoms with Gasteiger partial charge in [-0.1, -0.05) is 13.5 Å². The molecule has 0 atom stereocenters. The summed E-state index contributed by atoms with van der Waals surface area (Å²) in [4.78, 5) is 10.1. The Hall–Kier alpha value is 1.70. The van der Waals surface area contributed by atoms with Crippen LogP contribution in [0.4, 0.5) is 4.79 Å². The summed E-state index contributed by atoms with van der Waals surface area (Å²) in [6.07, 6.45) is 0. The molecule has 45 valence electrons. The van der Waals surface area contributed by atoms with Gasteiger partial charge in [-0.2, -0.15) is 0 Å². The van der Waals surface area contributed by atoms with Crippen LogP contribution in [0.2, 0.25) is 6.82 Å². The van der Waals surface area contributed by atoms with Crippen molar-refractivity contribution >= 4 is 13.1 Å². The molecule has 0 aliphatic carbocycles. The van der Waals surface area contributed by atoms with Crippen LogP contribution < -0.4 is 5.32 Å². The van der Waals surface area contributed by atoms with E-state index in [0.717, 1.165) is 0 Å². The standard InChI is InChI=1S/C3H7BN2O.2Y/c1-4-3(7)6-2-5;;/h5H,2H2,1H3,(H,6,7);;/q-1;;. The fourth-order valence-corrected chi connectivity index (χ4v) is 0.189. The molecule has 0 aromatic carbocycles. The summed E-state index contributed by atoms with van der Waals surface area (Å²) in [5, 5.41) is 2.27. The molecular weight excluding hydrogens is 269 g/mol. The molecule has 0 aliphatic heterocycles. The fraction of sp³-hybridized carbons (Fsp3) is 0.667. The second kappa shape index (κ2) is 12.4. The average molecular weight is 276 g/mol. The van der Waals surface area contributed by atoms with Crippen molar-refractivity contribution in [3.8, 4) is 0 Å². The van der Waals surface area contributed by atoms with Gasteiger partial charge >= 0.3 is 0 Å². The number of amides is 1. The molecule has 0 heterocycles.